The highest BCUT2D eigenvalue weighted by Gasteiger charge is 2.31. The van der Waals surface area contributed by atoms with E-state index in [9.17, 15) is 19.2 Å². The first-order valence-corrected chi connectivity index (χ1v) is 24.5. The van der Waals surface area contributed by atoms with Gasteiger partial charge in [-0.1, -0.05) is 36.4 Å². The van der Waals surface area contributed by atoms with E-state index in [0.717, 1.165) is 63.2 Å². The second-order valence-corrected chi connectivity index (χ2v) is 17.7. The molecule has 0 radical (unpaired) electrons. The highest BCUT2D eigenvalue weighted by molar-refractivity contribution is 6.04. The molecule has 4 aromatic carbocycles. The van der Waals surface area contributed by atoms with Gasteiger partial charge in [0.15, 0.2) is 0 Å². The van der Waals surface area contributed by atoms with Gasteiger partial charge in [0, 0.05) is 112 Å². The zero-order valence-electron chi connectivity index (χ0n) is 40.0. The van der Waals surface area contributed by atoms with Crippen LogP contribution in [0.15, 0.2) is 134 Å². The summed E-state index contributed by atoms with van der Waals surface area (Å²) in [6, 6.07) is 34.3. The van der Waals surface area contributed by atoms with Gasteiger partial charge < -0.3 is 49.2 Å². The third-order valence-electron chi connectivity index (χ3n) is 13.0. The fourth-order valence-electron chi connectivity index (χ4n) is 8.93. The number of hydrogen-bond donors (Lipinski definition) is 2. The van der Waals surface area contributed by atoms with Gasteiger partial charge in [-0.25, -0.2) is 19.9 Å². The van der Waals surface area contributed by atoms with Crippen LogP contribution in [0.25, 0.3) is 0 Å². The second-order valence-electron chi connectivity index (χ2n) is 17.7. The van der Waals surface area contributed by atoms with Crippen molar-refractivity contribution < 1.29 is 38.1 Å². The van der Waals surface area contributed by atoms with Crippen LogP contribution in [0, 0.1) is 11.8 Å². The van der Waals surface area contributed by atoms with E-state index in [1.807, 2.05) is 94.7 Å². The molecule has 6 aromatic rings. The van der Waals surface area contributed by atoms with Gasteiger partial charge in [-0.3, -0.25) is 19.2 Å². The van der Waals surface area contributed by atoms with Crippen LogP contribution in [-0.4, -0.2) is 132 Å². The first kappa shape index (κ1) is 49.0. The molecule has 72 heavy (non-hydrogen) atoms. The average Bonchev–Trinajstić information content (AvgIpc) is 3.45. The smallest absolute Gasteiger partial charge is 0.321 e. The van der Waals surface area contributed by atoms with Crippen molar-refractivity contribution in [1.29, 1.82) is 0 Å². The monoisotopic (exact) mass is 974 g/mol. The molecule has 0 spiro atoms. The van der Waals surface area contributed by atoms with Crippen LogP contribution in [0.1, 0.15) is 46.4 Å². The highest BCUT2D eigenvalue weighted by Crippen LogP contribution is 2.29. The minimum Gasteiger partial charge on any atom is -0.424 e. The number of carbonyl (C=O) groups is 4. The Morgan fingerprint density at radius 1 is 0.444 bits per heavy atom. The number of para-hydroxylation sites is 2. The second kappa shape index (κ2) is 24.2. The molecule has 2 N–H and O–H groups in total. The highest BCUT2D eigenvalue weighted by atomic mass is 16.5. The van der Waals surface area contributed by atoms with Crippen LogP contribution >= 0.6 is 0 Å². The molecule has 4 aliphatic rings. The molecular formula is C54H58N10O8. The molecule has 4 aliphatic heterocycles. The van der Waals surface area contributed by atoms with Crippen molar-refractivity contribution in [2.24, 2.45) is 11.8 Å². The Morgan fingerprint density at radius 3 is 1.11 bits per heavy atom. The number of nitrogens with one attached hydrogen (secondary N) is 2. The summed E-state index contributed by atoms with van der Waals surface area (Å²) in [7, 11) is 0. The molecule has 0 bridgehead atoms. The first-order valence-electron chi connectivity index (χ1n) is 24.5. The Kier molecular flexibility index (Phi) is 16.5. The van der Waals surface area contributed by atoms with Crippen molar-refractivity contribution in [1.82, 2.24) is 29.7 Å². The van der Waals surface area contributed by atoms with E-state index in [2.05, 4.69) is 40.4 Å². The maximum atomic E-state index is 12.8. The molecule has 0 aliphatic carbocycles. The van der Waals surface area contributed by atoms with Crippen LogP contribution in [0.5, 0.6) is 23.5 Å². The Balaban J connectivity index is 0.000000178. The molecule has 4 saturated heterocycles. The number of piperidine rings is 2. The van der Waals surface area contributed by atoms with E-state index < -0.39 is 0 Å². The number of anilines is 4. The van der Waals surface area contributed by atoms with Gasteiger partial charge >= 0.3 is 12.0 Å². The van der Waals surface area contributed by atoms with Crippen molar-refractivity contribution in [2.75, 3.05) is 99.2 Å². The van der Waals surface area contributed by atoms with Gasteiger partial charge in [0.2, 0.25) is 11.8 Å². The largest absolute Gasteiger partial charge is 0.424 e. The molecular weight excluding hydrogens is 917 g/mol. The molecule has 4 amide bonds. The van der Waals surface area contributed by atoms with E-state index in [1.54, 1.807) is 24.3 Å². The number of benzene rings is 4. The number of rotatable bonds is 12. The number of amides is 4. The maximum absolute atomic E-state index is 12.8. The fourth-order valence-corrected chi connectivity index (χ4v) is 8.93. The lowest BCUT2D eigenvalue weighted by molar-refractivity contribution is -0.141. The van der Waals surface area contributed by atoms with Gasteiger partial charge in [-0.2, -0.15) is 0 Å². The van der Waals surface area contributed by atoms with Gasteiger partial charge in [0.1, 0.15) is 11.5 Å². The fraction of sp³-hybridized carbons (Fsp3) is 0.333. The molecule has 10 rings (SSSR count). The van der Waals surface area contributed by atoms with E-state index in [1.165, 1.54) is 24.8 Å². The molecule has 18 heteroatoms. The lowest BCUT2D eigenvalue weighted by atomic mass is 9.94. The molecule has 0 atom stereocenters. The number of hydrogen-bond acceptors (Lipinski definition) is 14. The van der Waals surface area contributed by atoms with Gasteiger partial charge in [0.05, 0.1) is 37.6 Å². The number of aromatic nitrogens is 4. The van der Waals surface area contributed by atoms with E-state index in [4.69, 9.17) is 18.9 Å². The number of nitrogens with zero attached hydrogens (tertiary/aromatic N) is 8. The summed E-state index contributed by atoms with van der Waals surface area (Å²) >= 11 is 0. The molecule has 372 valence electrons. The third kappa shape index (κ3) is 13.3. The quantitative estimate of drug-likeness (QED) is 0.125. The van der Waals surface area contributed by atoms with Crippen molar-refractivity contribution >= 4 is 46.4 Å². The number of morpholine rings is 2. The topological polar surface area (TPSA) is 194 Å². The van der Waals surface area contributed by atoms with Crippen molar-refractivity contribution in [2.45, 2.75) is 25.7 Å². The minimum absolute atomic E-state index is 0.0876. The Bertz CT molecular complexity index is 2500. The number of carbonyl (C=O) groups excluding carboxylic acids is 4. The number of ether oxygens (including phenoxy) is 4. The van der Waals surface area contributed by atoms with Crippen molar-refractivity contribution in [3.63, 3.8) is 0 Å². The lowest BCUT2D eigenvalue weighted by Gasteiger charge is -2.36. The van der Waals surface area contributed by atoms with Crippen LogP contribution in [0.4, 0.5) is 22.7 Å². The van der Waals surface area contributed by atoms with Crippen molar-refractivity contribution in [3.8, 4) is 23.5 Å². The van der Waals surface area contributed by atoms with E-state index in [-0.39, 0.29) is 47.5 Å². The predicted octanol–water partition coefficient (Wildman–Crippen LogP) is 7.19. The SMILES string of the molecule is O=C(Nc1ccc(N2CCC(C(=O)N3CCOCC3)CC2)cc1)c1cnc(Oc2ccccc2)nc1.O=C(Nc1ccc(N2CCC(C(=O)N3CCOCC3)CC2)cc1)c1cnc(Oc2ccccc2)nc1. The van der Waals surface area contributed by atoms with Crippen LogP contribution in [0.3, 0.4) is 0 Å². The normalized spacial score (nSPS) is 16.4. The summed E-state index contributed by atoms with van der Waals surface area (Å²) in [5, 5.41) is 5.75. The summed E-state index contributed by atoms with van der Waals surface area (Å²) in [5.41, 5.74) is 4.21. The Hall–Kier alpha value is -7.96. The van der Waals surface area contributed by atoms with Crippen LogP contribution in [0.2, 0.25) is 0 Å². The first-order chi connectivity index (χ1) is 35.3. The summed E-state index contributed by atoms with van der Waals surface area (Å²) < 4.78 is 21.8. The zero-order valence-corrected chi connectivity index (χ0v) is 40.0. The summed E-state index contributed by atoms with van der Waals surface area (Å²) in [5.74, 6) is 1.37. The molecule has 2 aromatic heterocycles. The summed E-state index contributed by atoms with van der Waals surface area (Å²) in [6.45, 7) is 8.67. The molecule has 18 nitrogen and oxygen atoms in total. The lowest BCUT2D eigenvalue weighted by Crippen LogP contribution is -2.46. The predicted molar refractivity (Wildman–Crippen MR) is 271 cm³/mol. The Morgan fingerprint density at radius 2 is 0.778 bits per heavy atom. The molecule has 0 saturated carbocycles. The average molecular weight is 975 g/mol. The molecule has 4 fully saturated rings. The zero-order chi connectivity index (χ0) is 49.5. The van der Waals surface area contributed by atoms with Crippen LogP contribution < -0.4 is 29.9 Å². The minimum atomic E-state index is -0.295. The van der Waals surface area contributed by atoms with Gasteiger partial charge in [0.25, 0.3) is 11.8 Å². The molecule has 6 heterocycles. The maximum Gasteiger partial charge on any atom is 0.321 e. The molecule has 0 unspecified atom stereocenters. The van der Waals surface area contributed by atoms with Gasteiger partial charge in [-0.05, 0) is 98.5 Å². The van der Waals surface area contributed by atoms with Crippen molar-refractivity contribution in [3.05, 3.63) is 145 Å². The Labute approximate surface area is 418 Å². The standard InChI is InChI=1S/2C27H29N5O4/c2*33-25(21-18-28-27(29-19-21)36-24-4-2-1-3-5-24)30-22-6-8-23(9-7-22)31-12-10-20(11-13-31)26(34)32-14-16-35-17-15-32/h2*1-9,18-20H,10-17H2,(H,30,33). The summed E-state index contributed by atoms with van der Waals surface area (Å²) in [4.78, 5) is 75.7. The third-order valence-corrected chi connectivity index (χ3v) is 13.0. The van der Waals surface area contributed by atoms with Gasteiger partial charge in [-0.15, -0.1) is 0 Å². The van der Waals surface area contributed by atoms with E-state index >= 15 is 0 Å². The van der Waals surface area contributed by atoms with Crippen LogP contribution in [-0.2, 0) is 19.1 Å². The van der Waals surface area contributed by atoms with E-state index in [0.29, 0.717) is 86.6 Å². The summed E-state index contributed by atoms with van der Waals surface area (Å²) in [6.07, 6.45) is 9.15.